The molecule has 1 aliphatic heterocycles. The number of amides is 6. The van der Waals surface area contributed by atoms with Gasteiger partial charge in [0.1, 0.15) is 53.8 Å². The second-order valence-corrected chi connectivity index (χ2v) is 25.6. The van der Waals surface area contributed by atoms with E-state index in [-0.39, 0.29) is 156 Å². The van der Waals surface area contributed by atoms with Crippen LogP contribution in [-0.2, 0) is 79.9 Å². The van der Waals surface area contributed by atoms with E-state index < -0.39 is 18.1 Å². The van der Waals surface area contributed by atoms with Gasteiger partial charge in [-0.15, -0.1) is 0 Å². The molecular weight excluding hydrogens is 1300 g/mol. The third-order valence-electron chi connectivity index (χ3n) is 16.9. The van der Waals surface area contributed by atoms with Crippen molar-refractivity contribution in [2.24, 2.45) is 5.41 Å². The van der Waals surface area contributed by atoms with Gasteiger partial charge >= 0.3 is 11.9 Å². The van der Waals surface area contributed by atoms with Gasteiger partial charge in [0.05, 0.1) is 65.9 Å². The van der Waals surface area contributed by atoms with E-state index in [1.54, 1.807) is 29.4 Å². The zero-order valence-electron chi connectivity index (χ0n) is 56.7. The Balaban J connectivity index is 0.753. The summed E-state index contributed by atoms with van der Waals surface area (Å²) in [7, 11) is 6.64. The number of aromatic nitrogens is 5. The second-order valence-electron chi connectivity index (χ2n) is 24.8. The number of fused-ring (bicyclic) bond motifs is 2. The average Bonchev–Trinajstić information content (AvgIpc) is 1.54. The monoisotopic (exact) mass is 1400 g/mol. The molecule has 27 nitrogen and oxygen atoms in total. The van der Waals surface area contributed by atoms with Crippen molar-refractivity contribution < 1.29 is 71.6 Å². The number of rotatable bonds is 48. The minimum absolute atomic E-state index is 0.00412. The number of hydrogen-bond donors (Lipinski definition) is 5. The van der Waals surface area contributed by atoms with E-state index in [0.717, 1.165) is 57.1 Å². The number of ether oxygens (including phenoxy) is 6. The first-order valence-electron chi connectivity index (χ1n) is 33.6. The lowest BCUT2D eigenvalue weighted by Crippen LogP contribution is -2.47. The lowest BCUT2D eigenvalue weighted by atomic mass is 9.98. The Morgan fingerprint density at radius 3 is 1.84 bits per heavy atom. The summed E-state index contributed by atoms with van der Waals surface area (Å²) in [4.78, 5) is 132. The number of likely N-dealkylation sites (tertiary alicyclic amines) is 1. The van der Waals surface area contributed by atoms with Crippen molar-refractivity contribution in [2.45, 2.75) is 173 Å². The van der Waals surface area contributed by atoms with Crippen LogP contribution >= 0.6 is 15.9 Å². The summed E-state index contributed by atoms with van der Waals surface area (Å²) in [5.41, 5.74) is 2.71. The maximum absolute atomic E-state index is 14.4. The predicted molar refractivity (Wildman–Crippen MR) is 361 cm³/mol. The van der Waals surface area contributed by atoms with Gasteiger partial charge in [-0.3, -0.25) is 43.0 Å². The quantitative estimate of drug-likeness (QED) is 0.0136. The number of methoxy groups -OCH3 is 2. The molecule has 6 amide bonds. The largest absolute Gasteiger partial charge is 0.469 e. The van der Waals surface area contributed by atoms with E-state index in [4.69, 9.17) is 23.7 Å². The first-order valence-corrected chi connectivity index (χ1v) is 34.4. The van der Waals surface area contributed by atoms with Crippen molar-refractivity contribution in [3.63, 3.8) is 0 Å². The molecule has 1 aromatic carbocycles. The van der Waals surface area contributed by atoms with Gasteiger partial charge in [0.15, 0.2) is 5.78 Å². The molecule has 5 N–H and O–H groups in total. The number of Topliss-reactive ketones (excluding diaryl/α,β-unsaturated/α-hetero) is 1. The maximum atomic E-state index is 14.4. The molecule has 0 bridgehead atoms. The topological polar surface area (TPSA) is 332 Å². The molecule has 1 saturated heterocycles. The van der Waals surface area contributed by atoms with E-state index in [2.05, 4.69) is 72.2 Å². The number of carbonyl (C=O) groups is 9. The SMILES string of the molecule is COC(=O)CCCCCCCCCCCCCCCCC(=O)N[C@@H](CCC(=O)NCCOCCOCC(=O)NCCOCCOCC(=O)NCc1ncc(-c2ccc3c(c2)c(C(C)=O)nn3CC(=O)N2[C@H](C(=O)Nc3nc(Br)ccc3C)C[C@@]3(CN(C)C)C[C@@H]23)cn1)C(=O)OC. The number of aryl methyl sites for hydroxylation is 1. The molecule has 0 spiro atoms. The summed E-state index contributed by atoms with van der Waals surface area (Å²) >= 11 is 3.38. The lowest BCUT2D eigenvalue weighted by molar-refractivity contribution is -0.145. The van der Waals surface area contributed by atoms with E-state index >= 15 is 0 Å². The Labute approximate surface area is 571 Å². The fourth-order valence-corrected chi connectivity index (χ4v) is 12.1. The van der Waals surface area contributed by atoms with Crippen LogP contribution in [0.1, 0.15) is 157 Å². The third-order valence-corrected chi connectivity index (χ3v) is 17.3. The molecule has 1 saturated carbocycles. The molecule has 96 heavy (non-hydrogen) atoms. The lowest BCUT2D eigenvalue weighted by Gasteiger charge is -2.27. The van der Waals surface area contributed by atoms with Crippen molar-refractivity contribution in [3.05, 3.63) is 64.4 Å². The van der Waals surface area contributed by atoms with Gasteiger partial charge in [-0.2, -0.15) is 5.10 Å². The molecule has 0 unspecified atom stereocenters. The van der Waals surface area contributed by atoms with Crippen LogP contribution < -0.4 is 26.6 Å². The van der Waals surface area contributed by atoms with Crippen LogP contribution in [0.5, 0.6) is 0 Å². The summed E-state index contributed by atoms with van der Waals surface area (Å²) < 4.78 is 33.4. The van der Waals surface area contributed by atoms with Crippen LogP contribution in [0.2, 0.25) is 0 Å². The number of nitrogens with zero attached hydrogens (tertiary/aromatic N) is 7. The smallest absolute Gasteiger partial charge is 0.328 e. The fraction of sp³-hybridized carbons (Fsp3) is 0.632. The Bertz CT molecular complexity index is 3190. The number of esters is 2. The first-order chi connectivity index (χ1) is 46.3. The zero-order valence-corrected chi connectivity index (χ0v) is 58.3. The number of anilines is 1. The van der Waals surface area contributed by atoms with Crippen LogP contribution in [0.25, 0.3) is 22.0 Å². The third kappa shape index (κ3) is 26.6. The first kappa shape index (κ1) is 77.6. The molecule has 3 aromatic heterocycles. The Hall–Kier alpha value is -7.37. The van der Waals surface area contributed by atoms with Gasteiger partial charge in [-0.1, -0.05) is 89.2 Å². The van der Waals surface area contributed by atoms with Crippen molar-refractivity contribution >= 4 is 85.8 Å². The van der Waals surface area contributed by atoms with Crippen LogP contribution in [0, 0.1) is 12.3 Å². The van der Waals surface area contributed by atoms with E-state index in [0.29, 0.717) is 57.5 Å². The standard InChI is InChI=1S/C68H99BrN12O15/c1-47-23-27-56(69)76-65(47)77-66(89)54-38-68(46-79(3)4)39-55(68)81(54)62(87)43-80-53-26-24-49(37-51(53)64(78-80)48(2)82)50-40-72-57(73-41-50)42-74-61(86)45-96-36-34-94-32-30-71-60(85)44-95-35-33-93-31-29-70-58(83)28-25-52(67(90)92-6)75-59(84)21-19-17-15-13-11-9-7-8-10-12-14-16-18-20-22-63(88)91-5/h23-24,26-27,37,40-41,52,54-55H,7-22,25,28-36,38-39,42-46H2,1-6H3,(H,70,83)(H,71,85)(H,74,86)(H,75,84)(H,76,77,89)/t52-,54-,55+,68-/m0/s1. The van der Waals surface area contributed by atoms with Gasteiger partial charge in [0.25, 0.3) is 0 Å². The maximum Gasteiger partial charge on any atom is 0.328 e. The van der Waals surface area contributed by atoms with Gasteiger partial charge in [0, 0.05) is 80.6 Å². The number of halogens is 1. The molecule has 4 aromatic rings. The molecule has 528 valence electrons. The van der Waals surface area contributed by atoms with Crippen LogP contribution in [0.3, 0.4) is 0 Å². The van der Waals surface area contributed by atoms with Crippen molar-refractivity contribution in [1.82, 2.24) is 55.8 Å². The van der Waals surface area contributed by atoms with Crippen molar-refractivity contribution in [2.75, 3.05) is 106 Å². The van der Waals surface area contributed by atoms with Gasteiger partial charge in [0.2, 0.25) is 35.4 Å². The number of benzene rings is 1. The highest BCUT2D eigenvalue weighted by atomic mass is 79.9. The minimum Gasteiger partial charge on any atom is -0.469 e. The number of ketones is 1. The molecular formula is C68H99BrN12O15. The number of piperidine rings is 1. The summed E-state index contributed by atoms with van der Waals surface area (Å²) in [6, 6.07) is 7.32. The molecule has 28 heteroatoms. The van der Waals surface area contributed by atoms with Crippen LogP contribution in [-0.4, -0.2) is 207 Å². The van der Waals surface area contributed by atoms with Crippen LogP contribution in [0.15, 0.2) is 47.3 Å². The number of pyridine rings is 1. The van der Waals surface area contributed by atoms with Crippen molar-refractivity contribution in [1.29, 1.82) is 0 Å². The summed E-state index contributed by atoms with van der Waals surface area (Å²) in [5.74, 6) is -2.10. The molecule has 0 radical (unpaired) electrons. The summed E-state index contributed by atoms with van der Waals surface area (Å²) in [6.07, 6.45) is 21.0. The number of nitrogens with one attached hydrogen (secondary N) is 5. The van der Waals surface area contributed by atoms with E-state index in [1.165, 1.54) is 77.2 Å². The molecule has 4 atom stereocenters. The second kappa shape index (κ2) is 41.7. The highest BCUT2D eigenvalue weighted by Crippen LogP contribution is 2.60. The predicted octanol–water partition coefficient (Wildman–Crippen LogP) is 6.49. The normalized spacial score (nSPS) is 15.8. The van der Waals surface area contributed by atoms with Gasteiger partial charge in [-0.25, -0.2) is 19.7 Å². The number of unbranched alkanes of at least 4 members (excludes halogenated alkanes) is 13. The number of hydrogen-bond acceptors (Lipinski definition) is 20. The summed E-state index contributed by atoms with van der Waals surface area (Å²) in [5, 5.41) is 19.0. The van der Waals surface area contributed by atoms with Gasteiger partial charge in [-0.05, 0) is 98.4 Å². The van der Waals surface area contributed by atoms with Crippen LogP contribution in [0.4, 0.5) is 5.82 Å². The molecule has 2 aliphatic rings. The number of carbonyl (C=O) groups excluding carboxylic acids is 9. The summed E-state index contributed by atoms with van der Waals surface area (Å²) in [6.45, 7) is 4.97. The van der Waals surface area contributed by atoms with E-state index in [1.807, 2.05) is 39.2 Å². The van der Waals surface area contributed by atoms with Crippen molar-refractivity contribution in [3.8, 4) is 11.1 Å². The highest BCUT2D eigenvalue weighted by Gasteiger charge is 2.67. The zero-order chi connectivity index (χ0) is 69.2. The molecule has 1 aliphatic carbocycles. The molecule has 6 rings (SSSR count). The Morgan fingerprint density at radius 2 is 1.25 bits per heavy atom. The fourth-order valence-electron chi connectivity index (χ4n) is 11.8. The average molecular weight is 1400 g/mol. The highest BCUT2D eigenvalue weighted by molar-refractivity contribution is 9.10. The molecule has 4 heterocycles. The Kier molecular flexibility index (Phi) is 33.7. The van der Waals surface area contributed by atoms with E-state index in [9.17, 15) is 43.2 Å². The molecule has 2 fully saturated rings. The minimum atomic E-state index is -0.923. The Morgan fingerprint density at radius 1 is 0.667 bits per heavy atom. The van der Waals surface area contributed by atoms with Gasteiger partial charge < -0.3 is 64.8 Å².